The second-order valence-electron chi connectivity index (χ2n) is 3.05. The summed E-state index contributed by atoms with van der Waals surface area (Å²) in [4.78, 5) is 2.18. The molecule has 0 fully saturated rings. The van der Waals surface area contributed by atoms with E-state index in [1.165, 1.54) is 5.56 Å². The number of aromatic nitrogens is 2. The van der Waals surface area contributed by atoms with E-state index in [4.69, 9.17) is 5.73 Å². The van der Waals surface area contributed by atoms with Gasteiger partial charge >= 0.3 is 0 Å². The van der Waals surface area contributed by atoms with Crippen molar-refractivity contribution in [3.05, 3.63) is 18.0 Å². The second kappa shape index (κ2) is 4.23. The van der Waals surface area contributed by atoms with Crippen molar-refractivity contribution in [2.24, 2.45) is 12.8 Å². The van der Waals surface area contributed by atoms with Crippen molar-refractivity contribution in [2.75, 3.05) is 20.1 Å². The molecule has 1 rings (SSSR count). The van der Waals surface area contributed by atoms with Crippen LogP contribution in [0.1, 0.15) is 5.56 Å². The SMILES string of the molecule is CN(CCN)Cc1cnn(C)c1. The van der Waals surface area contributed by atoms with Gasteiger partial charge in [-0.25, -0.2) is 0 Å². The van der Waals surface area contributed by atoms with Gasteiger partial charge in [-0.05, 0) is 7.05 Å². The van der Waals surface area contributed by atoms with Crippen LogP contribution in [0.5, 0.6) is 0 Å². The molecule has 0 spiro atoms. The van der Waals surface area contributed by atoms with Crippen LogP contribution in [-0.4, -0.2) is 34.8 Å². The summed E-state index contributed by atoms with van der Waals surface area (Å²) >= 11 is 0. The van der Waals surface area contributed by atoms with E-state index in [2.05, 4.69) is 17.0 Å². The van der Waals surface area contributed by atoms with Crippen molar-refractivity contribution in [1.82, 2.24) is 14.7 Å². The Balaban J connectivity index is 2.41. The van der Waals surface area contributed by atoms with Crippen LogP contribution in [0.15, 0.2) is 12.4 Å². The molecular weight excluding hydrogens is 152 g/mol. The van der Waals surface area contributed by atoms with E-state index in [0.717, 1.165) is 13.1 Å². The van der Waals surface area contributed by atoms with E-state index >= 15 is 0 Å². The average molecular weight is 168 g/mol. The molecule has 4 heteroatoms. The zero-order valence-corrected chi connectivity index (χ0v) is 7.70. The standard InChI is InChI=1S/C8H16N4/c1-11(4-3-9)6-8-5-10-12(2)7-8/h5,7H,3-4,6,9H2,1-2H3. The van der Waals surface area contributed by atoms with Crippen molar-refractivity contribution in [2.45, 2.75) is 6.54 Å². The summed E-state index contributed by atoms with van der Waals surface area (Å²) < 4.78 is 1.81. The lowest BCUT2D eigenvalue weighted by Crippen LogP contribution is -2.24. The average Bonchev–Trinajstić information content (AvgIpc) is 2.36. The predicted octanol–water partition coefficient (Wildman–Crippen LogP) is -0.189. The minimum Gasteiger partial charge on any atom is -0.329 e. The molecule has 0 saturated heterocycles. The Labute approximate surface area is 73.0 Å². The normalized spacial score (nSPS) is 11.0. The Morgan fingerprint density at radius 3 is 2.92 bits per heavy atom. The third kappa shape index (κ3) is 2.64. The van der Waals surface area contributed by atoms with Crippen molar-refractivity contribution < 1.29 is 0 Å². The van der Waals surface area contributed by atoms with Crippen LogP contribution < -0.4 is 5.73 Å². The van der Waals surface area contributed by atoms with Gasteiger partial charge in [-0.15, -0.1) is 0 Å². The van der Waals surface area contributed by atoms with Gasteiger partial charge in [-0.2, -0.15) is 5.10 Å². The predicted molar refractivity (Wildman–Crippen MR) is 48.6 cm³/mol. The van der Waals surface area contributed by atoms with Crippen LogP contribution >= 0.6 is 0 Å². The number of rotatable bonds is 4. The van der Waals surface area contributed by atoms with Crippen molar-refractivity contribution in [3.63, 3.8) is 0 Å². The number of nitrogens with two attached hydrogens (primary N) is 1. The third-order valence-electron chi connectivity index (χ3n) is 1.72. The molecular formula is C8H16N4. The zero-order chi connectivity index (χ0) is 8.97. The molecule has 0 radical (unpaired) electrons. The quantitative estimate of drug-likeness (QED) is 0.678. The summed E-state index contributed by atoms with van der Waals surface area (Å²) in [6, 6.07) is 0. The van der Waals surface area contributed by atoms with Gasteiger partial charge in [0.15, 0.2) is 0 Å². The maximum absolute atomic E-state index is 5.43. The molecule has 0 atom stereocenters. The minimum absolute atomic E-state index is 0.705. The van der Waals surface area contributed by atoms with Gasteiger partial charge in [0.1, 0.15) is 0 Å². The summed E-state index contributed by atoms with van der Waals surface area (Å²) in [5.74, 6) is 0. The molecule has 0 aromatic carbocycles. The molecule has 4 nitrogen and oxygen atoms in total. The Morgan fingerprint density at radius 1 is 1.67 bits per heavy atom. The van der Waals surface area contributed by atoms with E-state index in [1.54, 1.807) is 0 Å². The first-order valence-corrected chi connectivity index (χ1v) is 4.08. The summed E-state index contributed by atoms with van der Waals surface area (Å²) in [7, 11) is 3.98. The lowest BCUT2D eigenvalue weighted by molar-refractivity contribution is 0.336. The molecule has 2 N–H and O–H groups in total. The Morgan fingerprint density at radius 2 is 2.42 bits per heavy atom. The van der Waals surface area contributed by atoms with Gasteiger partial charge in [-0.3, -0.25) is 4.68 Å². The van der Waals surface area contributed by atoms with Crippen LogP contribution in [-0.2, 0) is 13.6 Å². The van der Waals surface area contributed by atoms with Gasteiger partial charge in [0, 0.05) is 38.4 Å². The number of hydrogen-bond donors (Lipinski definition) is 1. The van der Waals surface area contributed by atoms with Crippen molar-refractivity contribution in [1.29, 1.82) is 0 Å². The second-order valence-corrected chi connectivity index (χ2v) is 3.05. The Bertz CT molecular complexity index is 231. The molecule has 1 heterocycles. The minimum atomic E-state index is 0.705. The first kappa shape index (κ1) is 9.22. The Hall–Kier alpha value is -0.870. The highest BCUT2D eigenvalue weighted by Gasteiger charge is 1.99. The van der Waals surface area contributed by atoms with E-state index in [9.17, 15) is 0 Å². The van der Waals surface area contributed by atoms with Crippen LogP contribution in [0.2, 0.25) is 0 Å². The van der Waals surface area contributed by atoms with Crippen molar-refractivity contribution in [3.8, 4) is 0 Å². The number of nitrogens with zero attached hydrogens (tertiary/aromatic N) is 3. The van der Waals surface area contributed by atoms with E-state index < -0.39 is 0 Å². The molecule has 0 saturated carbocycles. The summed E-state index contributed by atoms with van der Waals surface area (Å²) in [6.07, 6.45) is 3.90. The van der Waals surface area contributed by atoms with Crippen LogP contribution in [0.25, 0.3) is 0 Å². The fraction of sp³-hybridized carbons (Fsp3) is 0.625. The van der Waals surface area contributed by atoms with E-state index in [0.29, 0.717) is 6.54 Å². The molecule has 0 bridgehead atoms. The molecule has 12 heavy (non-hydrogen) atoms. The molecule has 0 aliphatic heterocycles. The fourth-order valence-electron chi connectivity index (χ4n) is 1.16. The first-order valence-electron chi connectivity index (χ1n) is 4.08. The lowest BCUT2D eigenvalue weighted by atomic mass is 10.3. The topological polar surface area (TPSA) is 47.1 Å². The highest BCUT2D eigenvalue weighted by molar-refractivity contribution is 5.02. The van der Waals surface area contributed by atoms with Gasteiger partial charge in [-0.1, -0.05) is 0 Å². The van der Waals surface area contributed by atoms with Gasteiger partial charge < -0.3 is 10.6 Å². The molecule has 68 valence electrons. The molecule has 0 unspecified atom stereocenters. The van der Waals surface area contributed by atoms with Gasteiger partial charge in [0.25, 0.3) is 0 Å². The monoisotopic (exact) mass is 168 g/mol. The number of hydrogen-bond acceptors (Lipinski definition) is 3. The molecule has 1 aromatic rings. The van der Waals surface area contributed by atoms with Gasteiger partial charge in [0.2, 0.25) is 0 Å². The molecule has 1 aromatic heterocycles. The highest BCUT2D eigenvalue weighted by Crippen LogP contribution is 1.99. The number of aryl methyl sites for hydroxylation is 1. The zero-order valence-electron chi connectivity index (χ0n) is 7.70. The highest BCUT2D eigenvalue weighted by atomic mass is 15.2. The van der Waals surface area contributed by atoms with Crippen molar-refractivity contribution >= 4 is 0 Å². The van der Waals surface area contributed by atoms with Crippen LogP contribution in [0.4, 0.5) is 0 Å². The van der Waals surface area contributed by atoms with Crippen LogP contribution in [0.3, 0.4) is 0 Å². The van der Waals surface area contributed by atoms with Gasteiger partial charge in [0.05, 0.1) is 6.20 Å². The maximum Gasteiger partial charge on any atom is 0.0534 e. The third-order valence-corrected chi connectivity index (χ3v) is 1.72. The largest absolute Gasteiger partial charge is 0.329 e. The first-order chi connectivity index (χ1) is 5.72. The van der Waals surface area contributed by atoms with Crippen LogP contribution in [0, 0.1) is 0 Å². The van der Waals surface area contributed by atoms with E-state index in [1.807, 2.05) is 24.1 Å². The maximum atomic E-state index is 5.43. The lowest BCUT2D eigenvalue weighted by Gasteiger charge is -2.13. The molecule has 0 aliphatic rings. The molecule has 0 aliphatic carbocycles. The Kier molecular flexibility index (Phi) is 3.25. The summed E-state index contributed by atoms with van der Waals surface area (Å²) in [5, 5.41) is 4.09. The summed E-state index contributed by atoms with van der Waals surface area (Å²) in [5.41, 5.74) is 6.66. The number of likely N-dealkylation sites (N-methyl/N-ethyl adjacent to an activating group) is 1. The van der Waals surface area contributed by atoms with E-state index in [-0.39, 0.29) is 0 Å². The smallest absolute Gasteiger partial charge is 0.0534 e. The summed E-state index contributed by atoms with van der Waals surface area (Å²) in [6.45, 7) is 2.55. The fourth-order valence-corrected chi connectivity index (χ4v) is 1.16. The molecule has 0 amide bonds.